The summed E-state index contributed by atoms with van der Waals surface area (Å²) in [5, 5.41) is 14.5. The monoisotopic (exact) mass is 238 g/mol. The average Bonchev–Trinajstić information content (AvgIpc) is 2.71. The molecular formula is C14H26N2O. The highest BCUT2D eigenvalue weighted by molar-refractivity contribution is 5.11. The fraction of sp³-hybridized carbons (Fsp3) is 0.786. The molecule has 1 unspecified atom stereocenters. The standard InChI is InChI=1S/C14H26N2O/c1-4-7-8-9-14(17)11-13-10-12(5-2)15-16(13)6-3/h10,14,17H,4-9,11H2,1-3H3. The lowest BCUT2D eigenvalue weighted by molar-refractivity contribution is 0.158. The smallest absolute Gasteiger partial charge is 0.0624 e. The van der Waals surface area contributed by atoms with Crippen molar-refractivity contribution in [3.63, 3.8) is 0 Å². The van der Waals surface area contributed by atoms with Crippen molar-refractivity contribution >= 4 is 0 Å². The van der Waals surface area contributed by atoms with Gasteiger partial charge in [0, 0.05) is 18.7 Å². The Balaban J connectivity index is 2.51. The molecular weight excluding hydrogens is 212 g/mol. The van der Waals surface area contributed by atoms with E-state index in [0.717, 1.165) is 37.9 Å². The number of aliphatic hydroxyl groups excluding tert-OH is 1. The maximum atomic E-state index is 9.99. The van der Waals surface area contributed by atoms with Crippen molar-refractivity contribution in [3.05, 3.63) is 17.5 Å². The first-order valence-corrected chi connectivity index (χ1v) is 6.94. The Bertz CT molecular complexity index is 320. The predicted octanol–water partition coefficient (Wildman–Crippen LogP) is 2.95. The minimum atomic E-state index is -0.215. The van der Waals surface area contributed by atoms with Crippen LogP contribution in [0.3, 0.4) is 0 Å². The molecule has 1 atom stereocenters. The molecule has 0 aromatic carbocycles. The second-order valence-corrected chi connectivity index (χ2v) is 4.65. The lowest BCUT2D eigenvalue weighted by atomic mass is 10.1. The fourth-order valence-corrected chi connectivity index (χ4v) is 2.10. The van der Waals surface area contributed by atoms with Crippen LogP contribution in [0.1, 0.15) is 57.8 Å². The zero-order valence-corrected chi connectivity index (χ0v) is 11.4. The summed E-state index contributed by atoms with van der Waals surface area (Å²) in [6.45, 7) is 7.28. The van der Waals surface area contributed by atoms with Crippen LogP contribution in [0.25, 0.3) is 0 Å². The van der Waals surface area contributed by atoms with E-state index in [-0.39, 0.29) is 6.10 Å². The number of hydrogen-bond donors (Lipinski definition) is 1. The quantitative estimate of drug-likeness (QED) is 0.707. The zero-order chi connectivity index (χ0) is 12.7. The molecule has 1 heterocycles. The van der Waals surface area contributed by atoms with Crippen LogP contribution >= 0.6 is 0 Å². The molecule has 1 rings (SSSR count). The summed E-state index contributed by atoms with van der Waals surface area (Å²) in [6.07, 6.45) is 5.94. The van der Waals surface area contributed by atoms with Gasteiger partial charge in [-0.2, -0.15) is 5.10 Å². The van der Waals surface area contributed by atoms with Crippen LogP contribution in [0.15, 0.2) is 6.07 Å². The molecule has 17 heavy (non-hydrogen) atoms. The number of aryl methyl sites for hydroxylation is 2. The van der Waals surface area contributed by atoms with Crippen LogP contribution < -0.4 is 0 Å². The van der Waals surface area contributed by atoms with E-state index < -0.39 is 0 Å². The molecule has 0 fully saturated rings. The number of rotatable bonds is 8. The van der Waals surface area contributed by atoms with Crippen molar-refractivity contribution in [1.82, 2.24) is 9.78 Å². The van der Waals surface area contributed by atoms with E-state index in [1.165, 1.54) is 18.5 Å². The van der Waals surface area contributed by atoms with Crippen LogP contribution in [-0.2, 0) is 19.4 Å². The summed E-state index contributed by atoms with van der Waals surface area (Å²) in [6, 6.07) is 2.13. The maximum Gasteiger partial charge on any atom is 0.0624 e. The Morgan fingerprint density at radius 3 is 2.65 bits per heavy atom. The Morgan fingerprint density at radius 1 is 1.29 bits per heavy atom. The summed E-state index contributed by atoms with van der Waals surface area (Å²) < 4.78 is 2.02. The Morgan fingerprint density at radius 2 is 2.06 bits per heavy atom. The van der Waals surface area contributed by atoms with Crippen molar-refractivity contribution < 1.29 is 5.11 Å². The van der Waals surface area contributed by atoms with Crippen LogP contribution in [0.5, 0.6) is 0 Å². The maximum absolute atomic E-state index is 9.99. The van der Waals surface area contributed by atoms with Gasteiger partial charge in [-0.25, -0.2) is 0 Å². The van der Waals surface area contributed by atoms with Gasteiger partial charge in [-0.15, -0.1) is 0 Å². The van der Waals surface area contributed by atoms with Gasteiger partial charge in [0.25, 0.3) is 0 Å². The normalized spacial score (nSPS) is 12.9. The van der Waals surface area contributed by atoms with E-state index in [4.69, 9.17) is 0 Å². The molecule has 0 aliphatic heterocycles. The van der Waals surface area contributed by atoms with Crippen molar-refractivity contribution in [2.24, 2.45) is 0 Å². The largest absolute Gasteiger partial charge is 0.393 e. The van der Waals surface area contributed by atoms with Crippen molar-refractivity contribution in [2.45, 2.75) is 71.9 Å². The number of hydrogen-bond acceptors (Lipinski definition) is 2. The third-order valence-corrected chi connectivity index (χ3v) is 3.16. The second kappa shape index (κ2) is 7.49. The average molecular weight is 238 g/mol. The molecule has 0 saturated heterocycles. The predicted molar refractivity (Wildman–Crippen MR) is 71.1 cm³/mol. The molecule has 1 N–H and O–H groups in total. The second-order valence-electron chi connectivity index (χ2n) is 4.65. The van der Waals surface area contributed by atoms with Crippen LogP contribution in [0.4, 0.5) is 0 Å². The number of aliphatic hydroxyl groups is 1. The minimum Gasteiger partial charge on any atom is -0.393 e. The molecule has 0 spiro atoms. The van der Waals surface area contributed by atoms with E-state index >= 15 is 0 Å². The fourth-order valence-electron chi connectivity index (χ4n) is 2.10. The molecule has 0 aliphatic carbocycles. The van der Waals surface area contributed by atoms with Crippen LogP contribution in [-0.4, -0.2) is 21.0 Å². The van der Waals surface area contributed by atoms with Gasteiger partial charge in [0.2, 0.25) is 0 Å². The lowest BCUT2D eigenvalue weighted by Gasteiger charge is -2.11. The van der Waals surface area contributed by atoms with Crippen molar-refractivity contribution in [3.8, 4) is 0 Å². The molecule has 1 aromatic heterocycles. The third kappa shape index (κ3) is 4.50. The molecule has 0 radical (unpaired) electrons. The van der Waals surface area contributed by atoms with E-state index in [9.17, 15) is 5.11 Å². The molecule has 3 heteroatoms. The molecule has 98 valence electrons. The van der Waals surface area contributed by atoms with Gasteiger partial charge in [0.15, 0.2) is 0 Å². The lowest BCUT2D eigenvalue weighted by Crippen LogP contribution is -2.14. The molecule has 0 aliphatic rings. The SMILES string of the molecule is CCCCCC(O)Cc1cc(CC)nn1CC. The van der Waals surface area contributed by atoms with Crippen LogP contribution in [0, 0.1) is 0 Å². The van der Waals surface area contributed by atoms with Gasteiger partial charge in [0.05, 0.1) is 11.8 Å². The Labute approximate surface area is 105 Å². The molecule has 0 amide bonds. The van der Waals surface area contributed by atoms with Gasteiger partial charge in [-0.3, -0.25) is 4.68 Å². The summed E-state index contributed by atoms with van der Waals surface area (Å²) in [5.74, 6) is 0. The summed E-state index contributed by atoms with van der Waals surface area (Å²) in [4.78, 5) is 0. The number of unbranched alkanes of at least 4 members (excludes halogenated alkanes) is 2. The van der Waals surface area contributed by atoms with Gasteiger partial charge >= 0.3 is 0 Å². The first kappa shape index (κ1) is 14.2. The highest BCUT2D eigenvalue weighted by Gasteiger charge is 2.11. The third-order valence-electron chi connectivity index (χ3n) is 3.16. The Kier molecular flexibility index (Phi) is 6.27. The summed E-state index contributed by atoms with van der Waals surface area (Å²) in [5.41, 5.74) is 2.30. The minimum absolute atomic E-state index is 0.215. The number of aromatic nitrogens is 2. The highest BCUT2D eigenvalue weighted by atomic mass is 16.3. The van der Waals surface area contributed by atoms with E-state index in [2.05, 4.69) is 31.9 Å². The topological polar surface area (TPSA) is 38.1 Å². The summed E-state index contributed by atoms with van der Waals surface area (Å²) >= 11 is 0. The molecule has 0 bridgehead atoms. The zero-order valence-electron chi connectivity index (χ0n) is 11.4. The van der Waals surface area contributed by atoms with Crippen molar-refractivity contribution in [2.75, 3.05) is 0 Å². The summed E-state index contributed by atoms with van der Waals surface area (Å²) in [7, 11) is 0. The first-order valence-electron chi connectivity index (χ1n) is 6.94. The van der Waals surface area contributed by atoms with Gasteiger partial charge < -0.3 is 5.11 Å². The Hall–Kier alpha value is -0.830. The van der Waals surface area contributed by atoms with E-state index in [1.54, 1.807) is 0 Å². The van der Waals surface area contributed by atoms with Crippen LogP contribution in [0.2, 0.25) is 0 Å². The van der Waals surface area contributed by atoms with E-state index in [1.807, 2.05) is 4.68 Å². The molecule has 0 saturated carbocycles. The van der Waals surface area contributed by atoms with Crippen molar-refractivity contribution in [1.29, 1.82) is 0 Å². The van der Waals surface area contributed by atoms with E-state index in [0.29, 0.717) is 0 Å². The van der Waals surface area contributed by atoms with Gasteiger partial charge in [-0.05, 0) is 25.8 Å². The number of nitrogens with zero attached hydrogens (tertiary/aromatic N) is 2. The highest BCUT2D eigenvalue weighted by Crippen LogP contribution is 2.12. The van der Waals surface area contributed by atoms with Gasteiger partial charge in [-0.1, -0.05) is 33.1 Å². The first-order chi connectivity index (χ1) is 8.21. The molecule has 3 nitrogen and oxygen atoms in total. The molecule has 1 aromatic rings. The van der Waals surface area contributed by atoms with Gasteiger partial charge in [0.1, 0.15) is 0 Å².